The highest BCUT2D eigenvalue weighted by Crippen LogP contribution is 2.08. The molecule has 4 nitrogen and oxygen atoms in total. The predicted octanol–water partition coefficient (Wildman–Crippen LogP) is 1.73. The molecule has 0 fully saturated rings. The maximum atomic E-state index is 13.1. The van der Waals surface area contributed by atoms with E-state index < -0.39 is 23.7 Å². The number of amides is 1. The van der Waals surface area contributed by atoms with E-state index >= 15 is 0 Å². The molecule has 1 atom stereocenters. The van der Waals surface area contributed by atoms with Crippen LogP contribution in [-0.4, -0.2) is 23.0 Å². The van der Waals surface area contributed by atoms with Gasteiger partial charge in [0.05, 0.1) is 0 Å². The van der Waals surface area contributed by atoms with E-state index in [0.717, 1.165) is 6.07 Å². The van der Waals surface area contributed by atoms with Crippen LogP contribution in [0.3, 0.4) is 0 Å². The molecule has 0 bridgehead atoms. The summed E-state index contributed by atoms with van der Waals surface area (Å²) >= 11 is 0. The van der Waals surface area contributed by atoms with Crippen LogP contribution in [0.5, 0.6) is 0 Å². The summed E-state index contributed by atoms with van der Waals surface area (Å²) in [5.74, 6) is -2.20. The SMILES string of the molecule is CC[C@@H](NC(=O)c1cc(C)cc(F)c1)C(=O)O. The van der Waals surface area contributed by atoms with Crippen molar-refractivity contribution in [3.8, 4) is 0 Å². The Labute approximate surface area is 98.5 Å². The molecular weight excluding hydrogens is 225 g/mol. The number of hydrogen-bond donors (Lipinski definition) is 2. The minimum atomic E-state index is -1.10. The monoisotopic (exact) mass is 239 g/mol. The van der Waals surface area contributed by atoms with Gasteiger partial charge in [0.1, 0.15) is 11.9 Å². The molecule has 0 aliphatic carbocycles. The number of hydrogen-bond acceptors (Lipinski definition) is 2. The molecule has 5 heteroatoms. The van der Waals surface area contributed by atoms with E-state index in [-0.39, 0.29) is 12.0 Å². The van der Waals surface area contributed by atoms with Crippen molar-refractivity contribution in [2.24, 2.45) is 0 Å². The Morgan fingerprint density at radius 2 is 2.06 bits per heavy atom. The number of aliphatic carboxylic acids is 1. The second kappa shape index (κ2) is 5.43. The Balaban J connectivity index is 2.86. The second-order valence-electron chi connectivity index (χ2n) is 3.79. The lowest BCUT2D eigenvalue weighted by molar-refractivity contribution is -0.139. The van der Waals surface area contributed by atoms with Crippen molar-refractivity contribution in [2.75, 3.05) is 0 Å². The zero-order chi connectivity index (χ0) is 13.0. The molecule has 0 aromatic heterocycles. The number of carboxylic acids is 1. The molecule has 0 radical (unpaired) electrons. The van der Waals surface area contributed by atoms with E-state index in [9.17, 15) is 14.0 Å². The fraction of sp³-hybridized carbons (Fsp3) is 0.333. The summed E-state index contributed by atoms with van der Waals surface area (Å²) in [5.41, 5.74) is 0.737. The van der Waals surface area contributed by atoms with Gasteiger partial charge >= 0.3 is 5.97 Å². The van der Waals surface area contributed by atoms with Crippen LogP contribution in [0.25, 0.3) is 0 Å². The van der Waals surface area contributed by atoms with Gasteiger partial charge in [0.2, 0.25) is 0 Å². The maximum Gasteiger partial charge on any atom is 0.326 e. The van der Waals surface area contributed by atoms with Crippen LogP contribution in [0.15, 0.2) is 18.2 Å². The average Bonchev–Trinajstić information content (AvgIpc) is 2.23. The number of aryl methyl sites for hydroxylation is 1. The van der Waals surface area contributed by atoms with Gasteiger partial charge in [-0.25, -0.2) is 9.18 Å². The Morgan fingerprint density at radius 1 is 1.41 bits per heavy atom. The van der Waals surface area contributed by atoms with E-state index in [0.29, 0.717) is 5.56 Å². The number of benzene rings is 1. The quantitative estimate of drug-likeness (QED) is 0.840. The summed E-state index contributed by atoms with van der Waals surface area (Å²) in [7, 11) is 0. The van der Waals surface area contributed by atoms with E-state index in [1.807, 2.05) is 0 Å². The molecule has 92 valence electrons. The van der Waals surface area contributed by atoms with Crippen molar-refractivity contribution in [2.45, 2.75) is 26.3 Å². The largest absolute Gasteiger partial charge is 0.480 e. The summed E-state index contributed by atoms with van der Waals surface area (Å²) in [4.78, 5) is 22.4. The number of rotatable bonds is 4. The number of nitrogens with one attached hydrogen (secondary N) is 1. The first kappa shape index (κ1) is 13.2. The van der Waals surface area contributed by atoms with Gasteiger partial charge in [0.15, 0.2) is 0 Å². The van der Waals surface area contributed by atoms with Crippen molar-refractivity contribution in [3.05, 3.63) is 35.1 Å². The highest BCUT2D eigenvalue weighted by Gasteiger charge is 2.18. The third kappa shape index (κ3) is 3.55. The van der Waals surface area contributed by atoms with Gasteiger partial charge < -0.3 is 10.4 Å². The molecular formula is C12H14FNO3. The van der Waals surface area contributed by atoms with Gasteiger partial charge in [-0.15, -0.1) is 0 Å². The first-order valence-corrected chi connectivity index (χ1v) is 5.25. The lowest BCUT2D eigenvalue weighted by Gasteiger charge is -2.12. The number of carbonyl (C=O) groups excluding carboxylic acids is 1. The zero-order valence-electron chi connectivity index (χ0n) is 9.66. The third-order valence-corrected chi connectivity index (χ3v) is 2.32. The summed E-state index contributed by atoms with van der Waals surface area (Å²) in [6, 6.07) is 2.93. The summed E-state index contributed by atoms with van der Waals surface area (Å²) < 4.78 is 13.1. The van der Waals surface area contributed by atoms with Gasteiger partial charge in [-0.1, -0.05) is 6.92 Å². The summed E-state index contributed by atoms with van der Waals surface area (Å²) in [5, 5.41) is 11.1. The molecule has 1 aromatic carbocycles. The van der Waals surface area contributed by atoms with E-state index in [4.69, 9.17) is 5.11 Å². The molecule has 1 rings (SSSR count). The molecule has 2 N–H and O–H groups in total. The van der Waals surface area contributed by atoms with Crippen LogP contribution < -0.4 is 5.32 Å². The van der Waals surface area contributed by atoms with Crippen LogP contribution in [0, 0.1) is 12.7 Å². The Bertz CT molecular complexity index is 425. The molecule has 17 heavy (non-hydrogen) atoms. The van der Waals surface area contributed by atoms with E-state index in [2.05, 4.69) is 5.32 Å². The molecule has 0 saturated heterocycles. The lowest BCUT2D eigenvalue weighted by atomic mass is 10.1. The molecule has 0 aliphatic heterocycles. The minimum absolute atomic E-state index is 0.127. The van der Waals surface area contributed by atoms with Gasteiger partial charge in [-0.2, -0.15) is 0 Å². The molecule has 0 aliphatic rings. The summed E-state index contributed by atoms with van der Waals surface area (Å²) in [6.07, 6.45) is 0.273. The standard InChI is InChI=1S/C12H14FNO3/c1-3-10(12(16)17)14-11(15)8-4-7(2)5-9(13)6-8/h4-6,10H,3H2,1-2H3,(H,14,15)(H,16,17)/t10-/m1/s1. The fourth-order valence-corrected chi connectivity index (χ4v) is 1.45. The molecule has 1 aromatic rings. The highest BCUT2D eigenvalue weighted by atomic mass is 19.1. The molecule has 0 saturated carbocycles. The van der Waals surface area contributed by atoms with Crippen molar-refractivity contribution >= 4 is 11.9 Å². The van der Waals surface area contributed by atoms with Crippen molar-refractivity contribution in [1.29, 1.82) is 0 Å². The van der Waals surface area contributed by atoms with Gasteiger partial charge in [0.25, 0.3) is 5.91 Å². The zero-order valence-corrected chi connectivity index (χ0v) is 9.66. The van der Waals surface area contributed by atoms with Gasteiger partial charge in [-0.05, 0) is 37.1 Å². The van der Waals surface area contributed by atoms with Crippen molar-refractivity contribution in [3.63, 3.8) is 0 Å². The predicted molar refractivity (Wildman–Crippen MR) is 60.3 cm³/mol. The van der Waals surface area contributed by atoms with Crippen LogP contribution in [0.4, 0.5) is 4.39 Å². The fourth-order valence-electron chi connectivity index (χ4n) is 1.45. The van der Waals surface area contributed by atoms with Gasteiger partial charge in [-0.3, -0.25) is 4.79 Å². The first-order chi connectivity index (χ1) is 7.93. The average molecular weight is 239 g/mol. The van der Waals surface area contributed by atoms with Crippen LogP contribution in [0.1, 0.15) is 29.3 Å². The van der Waals surface area contributed by atoms with Crippen molar-refractivity contribution in [1.82, 2.24) is 5.32 Å². The molecule has 0 spiro atoms. The molecule has 0 unspecified atom stereocenters. The number of carboxylic acid groups (broad SMARTS) is 1. The first-order valence-electron chi connectivity index (χ1n) is 5.25. The normalized spacial score (nSPS) is 11.9. The van der Waals surface area contributed by atoms with Gasteiger partial charge in [0, 0.05) is 5.56 Å². The number of carbonyl (C=O) groups is 2. The molecule has 1 amide bonds. The molecule has 0 heterocycles. The topological polar surface area (TPSA) is 66.4 Å². The minimum Gasteiger partial charge on any atom is -0.480 e. The van der Waals surface area contributed by atoms with E-state index in [1.54, 1.807) is 13.8 Å². The van der Waals surface area contributed by atoms with Crippen molar-refractivity contribution < 1.29 is 19.1 Å². The highest BCUT2D eigenvalue weighted by molar-refractivity contribution is 5.96. The lowest BCUT2D eigenvalue weighted by Crippen LogP contribution is -2.40. The Hall–Kier alpha value is -1.91. The second-order valence-corrected chi connectivity index (χ2v) is 3.79. The van der Waals surface area contributed by atoms with Crippen LogP contribution in [0.2, 0.25) is 0 Å². The van der Waals surface area contributed by atoms with E-state index in [1.165, 1.54) is 12.1 Å². The van der Waals surface area contributed by atoms with Crippen LogP contribution in [-0.2, 0) is 4.79 Å². The summed E-state index contributed by atoms with van der Waals surface area (Å²) in [6.45, 7) is 3.31. The smallest absolute Gasteiger partial charge is 0.326 e. The Morgan fingerprint density at radius 3 is 2.53 bits per heavy atom. The maximum absolute atomic E-state index is 13.1. The van der Waals surface area contributed by atoms with Crippen LogP contribution >= 0.6 is 0 Å². The third-order valence-electron chi connectivity index (χ3n) is 2.32. The number of halogens is 1. The Kier molecular flexibility index (Phi) is 4.20.